The molecule has 0 aliphatic carbocycles. The molecule has 0 radical (unpaired) electrons. The largest absolute Gasteiger partial charge is 0.480 e. The molecule has 1 heterocycles. The maximum Gasteiger partial charge on any atom is 0.327 e. The van der Waals surface area contributed by atoms with Gasteiger partial charge >= 0.3 is 5.97 Å². The highest BCUT2D eigenvalue weighted by Crippen LogP contribution is 1.89. The number of carboxylic acids is 1. The predicted octanol–water partition coefficient (Wildman–Crippen LogP) is -2.36. The Morgan fingerprint density at radius 3 is 2.58 bits per heavy atom. The van der Waals surface area contributed by atoms with Crippen LogP contribution < -0.4 is 10.6 Å². The molecule has 1 aliphatic heterocycles. The van der Waals surface area contributed by atoms with E-state index in [1.807, 2.05) is 0 Å². The van der Waals surface area contributed by atoms with Gasteiger partial charge in [-0.25, -0.2) is 0 Å². The summed E-state index contributed by atoms with van der Waals surface area (Å²) in [6.07, 6.45) is 0. The van der Waals surface area contributed by atoms with Crippen molar-refractivity contribution >= 4 is 21.3 Å². The number of carboxylic acid groups (broad SMARTS) is 1. The Balaban J connectivity index is 2.97. The molecule has 0 spiro atoms. The van der Waals surface area contributed by atoms with Gasteiger partial charge in [-0.3, -0.25) is 15.4 Å². The van der Waals surface area contributed by atoms with E-state index in [1.165, 1.54) is 0 Å². The molecule has 0 amide bonds. The first kappa shape index (κ1) is 9.17. The van der Waals surface area contributed by atoms with E-state index in [1.54, 1.807) is 0 Å². The molecular formula is C5H8N2O4S. The Morgan fingerprint density at radius 2 is 2.17 bits per heavy atom. The van der Waals surface area contributed by atoms with Crippen LogP contribution in [0.1, 0.15) is 0 Å². The quantitative estimate of drug-likeness (QED) is 0.402. The molecule has 68 valence electrons. The lowest BCUT2D eigenvalue weighted by Crippen LogP contribution is -2.56. The summed E-state index contributed by atoms with van der Waals surface area (Å²) in [5.41, 5.74) is 0. The third kappa shape index (κ3) is 1.81. The number of rotatable bonds is 1. The molecule has 0 saturated carbocycles. The normalized spacial score (nSPS) is 23.7. The summed E-state index contributed by atoms with van der Waals surface area (Å²) in [6, 6.07) is -1.13. The van der Waals surface area contributed by atoms with Crippen molar-refractivity contribution in [1.82, 2.24) is 10.6 Å². The lowest BCUT2D eigenvalue weighted by Gasteiger charge is -2.20. The Morgan fingerprint density at radius 1 is 1.50 bits per heavy atom. The van der Waals surface area contributed by atoms with Crippen LogP contribution in [0.4, 0.5) is 0 Å². The van der Waals surface area contributed by atoms with Crippen molar-refractivity contribution in [2.24, 2.45) is 0 Å². The smallest absolute Gasteiger partial charge is 0.327 e. The van der Waals surface area contributed by atoms with Crippen LogP contribution in [0.2, 0.25) is 0 Å². The Kier molecular flexibility index (Phi) is 2.79. The van der Waals surface area contributed by atoms with E-state index in [-0.39, 0.29) is 4.99 Å². The summed E-state index contributed by atoms with van der Waals surface area (Å²) in [4.78, 5) is 10.3. The molecule has 6 nitrogen and oxygen atoms in total. The summed E-state index contributed by atoms with van der Waals surface area (Å²) >= 11 is 0. The van der Waals surface area contributed by atoms with Crippen LogP contribution in [0.25, 0.3) is 0 Å². The summed E-state index contributed by atoms with van der Waals surface area (Å²) < 4.78 is 20.9. The fourth-order valence-electron chi connectivity index (χ4n) is 0.952. The van der Waals surface area contributed by atoms with Crippen LogP contribution in [0.5, 0.6) is 0 Å². The molecule has 0 aromatic carbocycles. The first-order valence-electron chi connectivity index (χ1n) is 3.29. The highest BCUT2D eigenvalue weighted by Gasteiger charge is 2.27. The topological polar surface area (TPSA) is 95.5 Å². The molecule has 0 aromatic rings. The number of carbonyl (C=O) groups is 1. The molecule has 1 aliphatic rings. The Hall–Kier alpha value is -0.920. The molecule has 1 rings (SSSR count). The molecule has 1 unspecified atom stereocenters. The molecule has 7 heteroatoms. The minimum atomic E-state index is -2.49. The van der Waals surface area contributed by atoms with Crippen LogP contribution in [0.15, 0.2) is 0 Å². The van der Waals surface area contributed by atoms with Gasteiger partial charge < -0.3 is 5.11 Å². The third-order valence-electron chi connectivity index (χ3n) is 1.46. The zero-order valence-corrected chi connectivity index (χ0v) is 6.89. The molecule has 0 aromatic heterocycles. The lowest BCUT2D eigenvalue weighted by molar-refractivity contribution is -0.137. The van der Waals surface area contributed by atoms with Crippen LogP contribution in [-0.4, -0.2) is 43.6 Å². The van der Waals surface area contributed by atoms with E-state index < -0.39 is 22.3 Å². The number of hydrogen-bond donors (Lipinski definition) is 3. The lowest BCUT2D eigenvalue weighted by atomic mass is 10.2. The van der Waals surface area contributed by atoms with Crippen LogP contribution in [0.3, 0.4) is 0 Å². The number of hydrogen-bond acceptors (Lipinski definition) is 4. The monoisotopic (exact) mass is 192 g/mol. The van der Waals surface area contributed by atoms with Crippen molar-refractivity contribution in [1.29, 1.82) is 0 Å². The van der Waals surface area contributed by atoms with Crippen molar-refractivity contribution in [2.75, 3.05) is 13.1 Å². The standard InChI is InChI=1S/C5H8N2O4S/c8-5(9)3-4(12(10)11)7-2-1-6-3/h3,6-7H,1-2H2,(H,8,9). The van der Waals surface area contributed by atoms with Gasteiger partial charge in [0.2, 0.25) is 10.3 Å². The predicted molar refractivity (Wildman–Crippen MR) is 41.4 cm³/mol. The van der Waals surface area contributed by atoms with E-state index in [9.17, 15) is 13.2 Å². The van der Waals surface area contributed by atoms with Crippen molar-refractivity contribution in [2.45, 2.75) is 6.04 Å². The van der Waals surface area contributed by atoms with Gasteiger partial charge in [-0.1, -0.05) is 0 Å². The molecular weight excluding hydrogens is 184 g/mol. The molecule has 12 heavy (non-hydrogen) atoms. The van der Waals surface area contributed by atoms with Gasteiger partial charge in [0.25, 0.3) is 0 Å². The Labute approximate surface area is 70.1 Å². The molecule has 3 N–H and O–H groups in total. The van der Waals surface area contributed by atoms with Gasteiger partial charge in [0.05, 0.1) is 0 Å². The van der Waals surface area contributed by atoms with Gasteiger partial charge in [-0.15, -0.1) is 0 Å². The fraction of sp³-hybridized carbons (Fsp3) is 0.600. The third-order valence-corrected chi connectivity index (χ3v) is 2.20. The van der Waals surface area contributed by atoms with Crippen LogP contribution in [0, 0.1) is 0 Å². The first-order chi connectivity index (χ1) is 5.63. The van der Waals surface area contributed by atoms with Crippen molar-refractivity contribution in [3.8, 4) is 0 Å². The van der Waals surface area contributed by atoms with Crippen molar-refractivity contribution in [3.63, 3.8) is 0 Å². The van der Waals surface area contributed by atoms with Gasteiger partial charge in [-0.2, -0.15) is 8.42 Å². The van der Waals surface area contributed by atoms with Gasteiger partial charge in [-0.05, 0) is 0 Å². The summed E-state index contributed by atoms with van der Waals surface area (Å²) in [5.74, 6) is -1.19. The minimum absolute atomic E-state index is 0.200. The number of nitrogens with one attached hydrogen (secondary N) is 2. The zero-order valence-electron chi connectivity index (χ0n) is 6.07. The summed E-state index contributed by atoms with van der Waals surface area (Å²) in [7, 11) is -2.49. The highest BCUT2D eigenvalue weighted by atomic mass is 32.2. The SMILES string of the molecule is O=C(O)C1NCCNC1=S(=O)=O. The van der Waals surface area contributed by atoms with E-state index in [0.29, 0.717) is 13.1 Å². The average molecular weight is 192 g/mol. The second-order valence-electron chi connectivity index (χ2n) is 2.25. The van der Waals surface area contributed by atoms with E-state index in [4.69, 9.17) is 5.11 Å². The maximum atomic E-state index is 10.5. The summed E-state index contributed by atoms with van der Waals surface area (Å²) in [5, 5.41) is 13.6. The second-order valence-corrected chi connectivity index (χ2v) is 3.16. The van der Waals surface area contributed by atoms with E-state index in [0.717, 1.165) is 0 Å². The Bertz CT molecular complexity index is 312. The average Bonchev–Trinajstić information content (AvgIpc) is 2.04. The highest BCUT2D eigenvalue weighted by molar-refractivity contribution is 7.73. The van der Waals surface area contributed by atoms with Crippen LogP contribution >= 0.6 is 0 Å². The van der Waals surface area contributed by atoms with Gasteiger partial charge in [0.1, 0.15) is 4.99 Å². The minimum Gasteiger partial charge on any atom is -0.480 e. The van der Waals surface area contributed by atoms with Crippen molar-refractivity contribution in [3.05, 3.63) is 0 Å². The fourth-order valence-corrected chi connectivity index (χ4v) is 1.55. The molecule has 1 atom stereocenters. The van der Waals surface area contributed by atoms with E-state index in [2.05, 4.69) is 10.6 Å². The maximum absolute atomic E-state index is 10.5. The summed E-state index contributed by atoms with van der Waals surface area (Å²) in [6.45, 7) is 0.866. The first-order valence-corrected chi connectivity index (χ1v) is 4.36. The molecule has 1 saturated heterocycles. The second kappa shape index (κ2) is 3.65. The zero-order chi connectivity index (χ0) is 9.14. The van der Waals surface area contributed by atoms with Gasteiger partial charge in [0.15, 0.2) is 6.04 Å². The molecule has 1 fully saturated rings. The van der Waals surface area contributed by atoms with Gasteiger partial charge in [0, 0.05) is 13.1 Å². The van der Waals surface area contributed by atoms with Crippen LogP contribution in [-0.2, 0) is 15.1 Å². The van der Waals surface area contributed by atoms with E-state index >= 15 is 0 Å². The number of aliphatic carboxylic acids is 1. The van der Waals surface area contributed by atoms with Crippen molar-refractivity contribution < 1.29 is 18.3 Å². The number of piperazine rings is 1. The molecule has 0 bridgehead atoms.